The van der Waals surface area contributed by atoms with Crippen molar-refractivity contribution in [2.75, 3.05) is 12.4 Å². The Bertz CT molecular complexity index is 1260. The predicted molar refractivity (Wildman–Crippen MR) is 123 cm³/mol. The van der Waals surface area contributed by atoms with Crippen molar-refractivity contribution in [3.05, 3.63) is 72.7 Å². The number of carbonyl (C=O) groups is 1. The van der Waals surface area contributed by atoms with Gasteiger partial charge in [0.25, 0.3) is 5.91 Å². The molecule has 8 nitrogen and oxygen atoms in total. The first kappa shape index (κ1) is 21.0. The summed E-state index contributed by atoms with van der Waals surface area (Å²) >= 11 is 0. The summed E-state index contributed by atoms with van der Waals surface area (Å²) < 4.78 is 11.7. The predicted octanol–water partition coefficient (Wildman–Crippen LogP) is 4.71. The minimum absolute atomic E-state index is 0.0572. The Morgan fingerprint density at radius 1 is 1.00 bits per heavy atom. The van der Waals surface area contributed by atoms with Gasteiger partial charge >= 0.3 is 0 Å². The second kappa shape index (κ2) is 9.30. The van der Waals surface area contributed by atoms with Gasteiger partial charge in [0.15, 0.2) is 0 Å². The van der Waals surface area contributed by atoms with Crippen LogP contribution >= 0.6 is 0 Å². The van der Waals surface area contributed by atoms with Gasteiger partial charge in [0.05, 0.1) is 17.3 Å². The van der Waals surface area contributed by atoms with E-state index in [1.807, 2.05) is 56.3 Å². The highest BCUT2D eigenvalue weighted by Crippen LogP contribution is 2.29. The van der Waals surface area contributed by atoms with Gasteiger partial charge in [-0.15, -0.1) is 0 Å². The molecule has 0 unspecified atom stereocenters. The first-order valence-electron chi connectivity index (χ1n) is 10.2. The summed E-state index contributed by atoms with van der Waals surface area (Å²) in [5.41, 5.74) is 1.84. The SMILES string of the molecule is CNC(=O)c1cc(Oc2ccc3nc(Nc4ccccc4OC(C)C)ncc3c2)ccn1. The monoisotopic (exact) mass is 429 g/mol. The summed E-state index contributed by atoms with van der Waals surface area (Å²) in [7, 11) is 1.56. The Morgan fingerprint density at radius 2 is 1.81 bits per heavy atom. The second-order valence-corrected chi connectivity index (χ2v) is 7.26. The highest BCUT2D eigenvalue weighted by atomic mass is 16.5. The van der Waals surface area contributed by atoms with Crippen LogP contribution in [0.3, 0.4) is 0 Å². The Kier molecular flexibility index (Phi) is 6.12. The molecule has 0 bridgehead atoms. The van der Waals surface area contributed by atoms with E-state index in [0.717, 1.165) is 22.3 Å². The number of hydrogen-bond donors (Lipinski definition) is 2. The summed E-state index contributed by atoms with van der Waals surface area (Å²) in [6.45, 7) is 3.96. The molecule has 32 heavy (non-hydrogen) atoms. The molecule has 2 N–H and O–H groups in total. The van der Waals surface area contributed by atoms with E-state index in [1.54, 1.807) is 25.4 Å². The number of aromatic nitrogens is 3. The average Bonchev–Trinajstić information content (AvgIpc) is 2.80. The molecule has 4 aromatic rings. The molecule has 0 atom stereocenters. The lowest BCUT2D eigenvalue weighted by atomic mass is 10.2. The Hall–Kier alpha value is -4.20. The van der Waals surface area contributed by atoms with Crippen LogP contribution in [0.5, 0.6) is 17.2 Å². The van der Waals surface area contributed by atoms with Crippen LogP contribution < -0.4 is 20.1 Å². The zero-order chi connectivity index (χ0) is 22.5. The summed E-state index contributed by atoms with van der Waals surface area (Å²) in [4.78, 5) is 24.8. The molecule has 0 aliphatic heterocycles. The standard InChI is InChI=1S/C24H23N5O3/c1-15(2)31-22-7-5-4-6-20(22)29-24-27-14-16-12-17(8-9-19(16)28-24)32-18-10-11-26-21(13-18)23(30)25-3/h4-15H,1-3H3,(H,25,30)(H,27,28,29). The van der Waals surface area contributed by atoms with Crippen LogP contribution in [0.4, 0.5) is 11.6 Å². The number of amides is 1. The van der Waals surface area contributed by atoms with Crippen molar-refractivity contribution in [3.63, 3.8) is 0 Å². The van der Waals surface area contributed by atoms with E-state index >= 15 is 0 Å². The van der Waals surface area contributed by atoms with E-state index in [4.69, 9.17) is 9.47 Å². The molecule has 8 heteroatoms. The quantitative estimate of drug-likeness (QED) is 0.439. The zero-order valence-corrected chi connectivity index (χ0v) is 18.0. The van der Waals surface area contributed by atoms with Crippen molar-refractivity contribution < 1.29 is 14.3 Å². The summed E-state index contributed by atoms with van der Waals surface area (Å²) in [6.07, 6.45) is 3.32. The molecule has 0 radical (unpaired) electrons. The fourth-order valence-corrected chi connectivity index (χ4v) is 3.05. The van der Waals surface area contributed by atoms with Gasteiger partial charge in [0.1, 0.15) is 22.9 Å². The van der Waals surface area contributed by atoms with Crippen LogP contribution in [0, 0.1) is 0 Å². The van der Waals surface area contributed by atoms with E-state index in [0.29, 0.717) is 17.4 Å². The number of para-hydroxylation sites is 2. The zero-order valence-electron chi connectivity index (χ0n) is 18.0. The van der Waals surface area contributed by atoms with Crippen molar-refractivity contribution >= 4 is 28.4 Å². The summed E-state index contributed by atoms with van der Waals surface area (Å²) in [6, 6.07) is 16.5. The van der Waals surface area contributed by atoms with Gasteiger partial charge in [-0.2, -0.15) is 0 Å². The van der Waals surface area contributed by atoms with Crippen LogP contribution in [0.1, 0.15) is 24.3 Å². The van der Waals surface area contributed by atoms with Gasteiger partial charge in [-0.25, -0.2) is 9.97 Å². The Balaban J connectivity index is 1.54. The van der Waals surface area contributed by atoms with Gasteiger partial charge in [-0.1, -0.05) is 12.1 Å². The molecule has 0 saturated heterocycles. The Labute approximate surface area is 185 Å². The van der Waals surface area contributed by atoms with E-state index in [2.05, 4.69) is 25.6 Å². The van der Waals surface area contributed by atoms with Gasteiger partial charge < -0.3 is 20.1 Å². The highest BCUT2D eigenvalue weighted by Gasteiger charge is 2.09. The number of pyridine rings is 1. The highest BCUT2D eigenvalue weighted by molar-refractivity contribution is 5.92. The number of ether oxygens (including phenoxy) is 2. The van der Waals surface area contributed by atoms with Gasteiger partial charge in [-0.3, -0.25) is 9.78 Å². The average molecular weight is 429 g/mol. The lowest BCUT2D eigenvalue weighted by Crippen LogP contribution is -2.18. The molecular weight excluding hydrogens is 406 g/mol. The van der Waals surface area contributed by atoms with E-state index in [9.17, 15) is 4.79 Å². The van der Waals surface area contributed by atoms with Gasteiger partial charge in [-0.05, 0) is 50.2 Å². The van der Waals surface area contributed by atoms with Crippen LogP contribution in [0.15, 0.2) is 67.0 Å². The third-order valence-electron chi connectivity index (χ3n) is 4.47. The van der Waals surface area contributed by atoms with Crippen LogP contribution in [-0.4, -0.2) is 34.0 Å². The molecule has 2 aromatic carbocycles. The van der Waals surface area contributed by atoms with Gasteiger partial charge in [0.2, 0.25) is 5.95 Å². The lowest BCUT2D eigenvalue weighted by Gasteiger charge is -2.14. The third kappa shape index (κ3) is 4.92. The smallest absolute Gasteiger partial charge is 0.269 e. The van der Waals surface area contributed by atoms with E-state index in [-0.39, 0.29) is 17.7 Å². The number of carbonyl (C=O) groups excluding carboxylic acids is 1. The van der Waals surface area contributed by atoms with Crippen molar-refractivity contribution in [2.45, 2.75) is 20.0 Å². The van der Waals surface area contributed by atoms with Crippen LogP contribution in [-0.2, 0) is 0 Å². The first-order chi connectivity index (χ1) is 15.5. The molecule has 0 aliphatic rings. The second-order valence-electron chi connectivity index (χ2n) is 7.26. The molecule has 162 valence electrons. The first-order valence-corrected chi connectivity index (χ1v) is 10.2. The fraction of sp³-hybridized carbons (Fsp3) is 0.167. The van der Waals surface area contributed by atoms with Crippen molar-refractivity contribution in [1.82, 2.24) is 20.3 Å². The fourth-order valence-electron chi connectivity index (χ4n) is 3.05. The molecule has 0 fully saturated rings. The van der Waals surface area contributed by atoms with Gasteiger partial charge in [0, 0.05) is 30.9 Å². The van der Waals surface area contributed by atoms with Crippen LogP contribution in [0.25, 0.3) is 10.9 Å². The molecule has 1 amide bonds. The van der Waals surface area contributed by atoms with Crippen molar-refractivity contribution in [3.8, 4) is 17.2 Å². The summed E-state index contributed by atoms with van der Waals surface area (Å²) in [5, 5.41) is 6.59. The molecule has 4 rings (SSSR count). The minimum Gasteiger partial charge on any atom is -0.489 e. The number of benzene rings is 2. The molecule has 0 saturated carbocycles. The van der Waals surface area contributed by atoms with E-state index < -0.39 is 0 Å². The minimum atomic E-state index is -0.275. The Morgan fingerprint density at radius 3 is 2.62 bits per heavy atom. The van der Waals surface area contributed by atoms with Crippen molar-refractivity contribution in [1.29, 1.82) is 0 Å². The number of fused-ring (bicyclic) bond motifs is 1. The number of hydrogen-bond acceptors (Lipinski definition) is 7. The molecule has 2 heterocycles. The maximum Gasteiger partial charge on any atom is 0.269 e. The molecular formula is C24H23N5O3. The van der Waals surface area contributed by atoms with Crippen molar-refractivity contribution in [2.24, 2.45) is 0 Å². The largest absolute Gasteiger partial charge is 0.489 e. The third-order valence-corrected chi connectivity index (χ3v) is 4.47. The van der Waals surface area contributed by atoms with E-state index in [1.165, 1.54) is 6.20 Å². The molecule has 0 aliphatic carbocycles. The summed E-state index contributed by atoms with van der Waals surface area (Å²) in [5.74, 6) is 2.05. The number of rotatable bonds is 7. The normalized spacial score (nSPS) is 10.8. The number of nitrogens with one attached hydrogen (secondary N) is 2. The lowest BCUT2D eigenvalue weighted by molar-refractivity contribution is 0.0958. The van der Waals surface area contributed by atoms with Crippen LogP contribution in [0.2, 0.25) is 0 Å². The maximum absolute atomic E-state index is 11.8. The molecule has 2 aromatic heterocycles. The topological polar surface area (TPSA) is 98.3 Å². The number of nitrogens with zero attached hydrogens (tertiary/aromatic N) is 3. The molecule has 0 spiro atoms. The number of anilines is 2. The maximum atomic E-state index is 11.8.